The molecule has 1 aromatic rings. The molecule has 0 atom stereocenters. The second-order valence-corrected chi connectivity index (χ2v) is 9.75. The average Bonchev–Trinajstić information content (AvgIpc) is 2.48. The minimum atomic E-state index is -0.0811. The van der Waals surface area contributed by atoms with E-state index < -0.39 is 0 Å². The molecule has 1 aromatic carbocycles. The van der Waals surface area contributed by atoms with Gasteiger partial charge in [-0.3, -0.25) is 0 Å². The second-order valence-electron chi connectivity index (χ2n) is 9.75. The zero-order chi connectivity index (χ0) is 18.9. The standard InChI is InChI=1S/C21H37N3O/c1-20(2,3)17-13-16(14-18(19(17)25)21(4,5)6)15-24(10-7-22)11-8-23-9-12-24/h13-14,23H,7-12,15,22H2,1-6H3/p+1. The molecule has 4 N–H and O–H groups in total. The number of piperazine rings is 1. The lowest BCUT2D eigenvalue weighted by Crippen LogP contribution is -2.59. The van der Waals surface area contributed by atoms with Crippen molar-refractivity contribution in [2.45, 2.75) is 58.9 Å². The third kappa shape index (κ3) is 4.75. The molecule has 0 bridgehead atoms. The zero-order valence-corrected chi connectivity index (χ0v) is 17.1. The highest BCUT2D eigenvalue weighted by Crippen LogP contribution is 2.40. The predicted octanol–water partition coefficient (Wildman–Crippen LogP) is 2.87. The Kier molecular flexibility index (Phi) is 5.87. The number of hydrogen-bond donors (Lipinski definition) is 3. The monoisotopic (exact) mass is 348 g/mol. The van der Waals surface area contributed by atoms with E-state index in [1.165, 1.54) is 5.56 Å². The minimum absolute atomic E-state index is 0.0811. The quantitative estimate of drug-likeness (QED) is 0.733. The minimum Gasteiger partial charge on any atom is -0.507 e. The molecule has 1 aliphatic heterocycles. The molecule has 1 aliphatic rings. The number of phenolic OH excluding ortho intramolecular Hbond substituents is 1. The van der Waals surface area contributed by atoms with Gasteiger partial charge in [-0.15, -0.1) is 0 Å². The molecule has 0 aliphatic carbocycles. The first-order chi connectivity index (χ1) is 11.5. The number of aromatic hydroxyl groups is 1. The second kappa shape index (κ2) is 7.26. The maximum atomic E-state index is 10.9. The Morgan fingerprint density at radius 3 is 1.88 bits per heavy atom. The normalized spacial score (nSPS) is 18.4. The number of phenols is 1. The molecule has 142 valence electrons. The van der Waals surface area contributed by atoms with Crippen molar-refractivity contribution in [3.05, 3.63) is 28.8 Å². The van der Waals surface area contributed by atoms with Gasteiger partial charge in [0, 0.05) is 36.3 Å². The third-order valence-corrected chi connectivity index (χ3v) is 5.43. The SMILES string of the molecule is CC(C)(C)c1cc(C[N+]2(CCN)CCNCC2)cc(C(C)(C)C)c1O. The summed E-state index contributed by atoms with van der Waals surface area (Å²) in [4.78, 5) is 0. The number of rotatable bonds is 4. The Bertz CT molecular complexity index is 550. The molecule has 0 spiro atoms. The van der Waals surface area contributed by atoms with Crippen LogP contribution < -0.4 is 11.1 Å². The maximum absolute atomic E-state index is 10.9. The summed E-state index contributed by atoms with van der Waals surface area (Å²) in [5.74, 6) is 0.467. The summed E-state index contributed by atoms with van der Waals surface area (Å²) in [5, 5.41) is 14.4. The summed E-state index contributed by atoms with van der Waals surface area (Å²) in [5.41, 5.74) is 9.21. The lowest BCUT2D eigenvalue weighted by molar-refractivity contribution is -0.941. The van der Waals surface area contributed by atoms with Crippen molar-refractivity contribution in [3.63, 3.8) is 0 Å². The van der Waals surface area contributed by atoms with Crippen LogP contribution in [0.1, 0.15) is 58.2 Å². The van der Waals surface area contributed by atoms with Gasteiger partial charge in [0.15, 0.2) is 0 Å². The first kappa shape index (κ1) is 20.2. The first-order valence-electron chi connectivity index (χ1n) is 9.61. The van der Waals surface area contributed by atoms with Gasteiger partial charge in [0.1, 0.15) is 12.3 Å². The van der Waals surface area contributed by atoms with E-state index in [2.05, 4.69) is 59.0 Å². The molecule has 4 heteroatoms. The molecular formula is C21H38N3O+. The van der Waals surface area contributed by atoms with Crippen LogP contribution in [0.2, 0.25) is 0 Å². The summed E-state index contributed by atoms with van der Waals surface area (Å²) < 4.78 is 1.04. The summed E-state index contributed by atoms with van der Waals surface area (Å²) in [7, 11) is 0. The summed E-state index contributed by atoms with van der Waals surface area (Å²) in [6, 6.07) is 4.45. The number of nitrogens with one attached hydrogen (secondary N) is 1. The number of nitrogens with zero attached hydrogens (tertiary/aromatic N) is 1. The average molecular weight is 349 g/mol. The highest BCUT2D eigenvalue weighted by molar-refractivity contribution is 5.49. The number of nitrogens with two attached hydrogens (primary N) is 1. The highest BCUT2D eigenvalue weighted by Gasteiger charge is 2.32. The van der Waals surface area contributed by atoms with Gasteiger partial charge >= 0.3 is 0 Å². The van der Waals surface area contributed by atoms with Crippen molar-refractivity contribution < 1.29 is 9.59 Å². The Balaban J connectivity index is 2.49. The molecule has 0 amide bonds. The van der Waals surface area contributed by atoms with Gasteiger partial charge < -0.3 is 20.6 Å². The third-order valence-electron chi connectivity index (χ3n) is 5.43. The molecular weight excluding hydrogens is 310 g/mol. The fourth-order valence-electron chi connectivity index (χ4n) is 3.92. The van der Waals surface area contributed by atoms with Gasteiger partial charge in [-0.05, 0) is 23.0 Å². The fraction of sp³-hybridized carbons (Fsp3) is 0.714. The molecule has 4 nitrogen and oxygen atoms in total. The topological polar surface area (TPSA) is 58.3 Å². The van der Waals surface area contributed by atoms with E-state index in [1.807, 2.05) is 0 Å². The molecule has 0 saturated carbocycles. The Morgan fingerprint density at radius 2 is 1.48 bits per heavy atom. The molecule has 2 rings (SSSR count). The van der Waals surface area contributed by atoms with Crippen LogP contribution in [-0.2, 0) is 17.4 Å². The Morgan fingerprint density at radius 1 is 1.00 bits per heavy atom. The van der Waals surface area contributed by atoms with Gasteiger partial charge in [-0.1, -0.05) is 41.5 Å². The van der Waals surface area contributed by atoms with Crippen LogP contribution in [0, 0.1) is 0 Å². The zero-order valence-electron chi connectivity index (χ0n) is 17.1. The lowest BCUT2D eigenvalue weighted by Gasteiger charge is -2.42. The van der Waals surface area contributed by atoms with Crippen LogP contribution >= 0.6 is 0 Å². The van der Waals surface area contributed by atoms with Crippen LogP contribution in [-0.4, -0.2) is 48.9 Å². The summed E-state index contributed by atoms with van der Waals surface area (Å²) in [6.45, 7) is 20.1. The van der Waals surface area contributed by atoms with Crippen LogP contribution in [0.5, 0.6) is 5.75 Å². The van der Waals surface area contributed by atoms with E-state index in [-0.39, 0.29) is 10.8 Å². The molecule has 0 unspecified atom stereocenters. The van der Waals surface area contributed by atoms with Gasteiger partial charge in [-0.2, -0.15) is 0 Å². The van der Waals surface area contributed by atoms with Crippen molar-refractivity contribution in [2.75, 3.05) is 39.3 Å². The van der Waals surface area contributed by atoms with E-state index in [1.54, 1.807) is 0 Å². The van der Waals surface area contributed by atoms with Crippen molar-refractivity contribution in [1.82, 2.24) is 5.32 Å². The van der Waals surface area contributed by atoms with Gasteiger partial charge in [0.2, 0.25) is 0 Å². The number of quaternary nitrogens is 1. The van der Waals surface area contributed by atoms with Crippen molar-refractivity contribution in [3.8, 4) is 5.75 Å². The van der Waals surface area contributed by atoms with Crippen LogP contribution in [0.15, 0.2) is 12.1 Å². The largest absolute Gasteiger partial charge is 0.507 e. The maximum Gasteiger partial charge on any atom is 0.123 e. The first-order valence-corrected chi connectivity index (χ1v) is 9.61. The lowest BCUT2D eigenvalue weighted by atomic mass is 9.78. The smallest absolute Gasteiger partial charge is 0.123 e. The van der Waals surface area contributed by atoms with Crippen LogP contribution in [0.4, 0.5) is 0 Å². The van der Waals surface area contributed by atoms with E-state index in [4.69, 9.17) is 5.73 Å². The number of hydrogen-bond acceptors (Lipinski definition) is 3. The van der Waals surface area contributed by atoms with Gasteiger partial charge in [0.05, 0.1) is 19.6 Å². The summed E-state index contributed by atoms with van der Waals surface area (Å²) in [6.07, 6.45) is 0. The predicted molar refractivity (Wildman–Crippen MR) is 106 cm³/mol. The van der Waals surface area contributed by atoms with Crippen molar-refractivity contribution in [2.24, 2.45) is 5.73 Å². The Hall–Kier alpha value is -1.10. The molecule has 25 heavy (non-hydrogen) atoms. The van der Waals surface area contributed by atoms with E-state index in [0.717, 1.165) is 61.4 Å². The fourth-order valence-corrected chi connectivity index (χ4v) is 3.92. The highest BCUT2D eigenvalue weighted by atomic mass is 16.3. The molecule has 1 heterocycles. The van der Waals surface area contributed by atoms with Crippen LogP contribution in [0.3, 0.4) is 0 Å². The van der Waals surface area contributed by atoms with Crippen molar-refractivity contribution in [1.29, 1.82) is 0 Å². The van der Waals surface area contributed by atoms with E-state index >= 15 is 0 Å². The molecule has 1 fully saturated rings. The Labute approximate surface area is 154 Å². The van der Waals surface area contributed by atoms with Crippen LogP contribution in [0.25, 0.3) is 0 Å². The van der Waals surface area contributed by atoms with Crippen molar-refractivity contribution >= 4 is 0 Å². The molecule has 1 saturated heterocycles. The van der Waals surface area contributed by atoms with E-state index in [9.17, 15) is 5.11 Å². The van der Waals surface area contributed by atoms with Gasteiger partial charge in [-0.25, -0.2) is 0 Å². The molecule has 0 aromatic heterocycles. The van der Waals surface area contributed by atoms with Gasteiger partial charge in [0.25, 0.3) is 0 Å². The number of benzene rings is 1. The summed E-state index contributed by atoms with van der Waals surface area (Å²) >= 11 is 0. The molecule has 0 radical (unpaired) electrons. The van der Waals surface area contributed by atoms with E-state index in [0.29, 0.717) is 5.75 Å².